The Morgan fingerprint density at radius 2 is 0.972 bits per heavy atom. The Balaban J connectivity index is 1.49. The Kier molecular flexibility index (Phi) is 4.52. The van der Waals surface area contributed by atoms with Crippen LogP contribution in [-0.4, -0.2) is 0 Å². The number of benzene rings is 3. The first kappa shape index (κ1) is 22.3. The molecule has 0 spiro atoms. The lowest BCUT2D eigenvalue weighted by molar-refractivity contribution is 0.601. The van der Waals surface area contributed by atoms with Gasteiger partial charge in [-0.15, -0.1) is 22.7 Å². The highest BCUT2D eigenvalue weighted by Gasteiger charge is 2.46. The molecule has 0 fully saturated rings. The number of hydrogen-bond donors (Lipinski definition) is 0. The molecule has 0 amide bonds. The maximum Gasteiger partial charge on any atom is 0.0342 e. The Bertz CT molecular complexity index is 1550. The summed E-state index contributed by atoms with van der Waals surface area (Å²) in [6.45, 7) is 14.4. The number of fused-ring (bicyclic) bond motifs is 7. The fourth-order valence-electron chi connectivity index (χ4n) is 7.03. The molecule has 5 aromatic rings. The molecule has 2 heterocycles. The normalized spacial score (nSPS) is 15.9. The van der Waals surface area contributed by atoms with E-state index in [4.69, 9.17) is 0 Å². The second-order valence-corrected chi connectivity index (χ2v) is 13.4. The van der Waals surface area contributed by atoms with Crippen LogP contribution in [0.1, 0.15) is 61.1 Å². The van der Waals surface area contributed by atoms with Gasteiger partial charge in [0, 0.05) is 20.6 Å². The van der Waals surface area contributed by atoms with E-state index in [0.29, 0.717) is 0 Å². The molecule has 0 bridgehead atoms. The maximum absolute atomic E-state index is 2.47. The van der Waals surface area contributed by atoms with Crippen LogP contribution in [0.4, 0.5) is 0 Å². The average molecular weight is 503 g/mol. The molecule has 178 valence electrons. The number of rotatable bonds is 2. The Morgan fingerprint density at radius 3 is 1.33 bits per heavy atom. The van der Waals surface area contributed by atoms with Gasteiger partial charge in [0.15, 0.2) is 0 Å². The van der Waals surface area contributed by atoms with Gasteiger partial charge >= 0.3 is 0 Å². The van der Waals surface area contributed by atoms with Crippen molar-refractivity contribution in [1.29, 1.82) is 0 Å². The van der Waals surface area contributed by atoms with E-state index in [1.807, 2.05) is 22.7 Å². The van der Waals surface area contributed by atoms with Crippen LogP contribution in [0.2, 0.25) is 0 Å². The van der Waals surface area contributed by atoms with Gasteiger partial charge in [-0.25, -0.2) is 0 Å². The number of thiophene rings is 2. The fourth-order valence-corrected chi connectivity index (χ4v) is 8.46. The molecule has 2 aliphatic carbocycles. The predicted molar refractivity (Wildman–Crippen MR) is 158 cm³/mol. The molecule has 0 aliphatic heterocycles. The van der Waals surface area contributed by atoms with Gasteiger partial charge < -0.3 is 0 Å². The smallest absolute Gasteiger partial charge is 0.0342 e. The average Bonchev–Trinajstić information content (AvgIpc) is 3.62. The predicted octanol–water partition coefficient (Wildman–Crippen LogP) is 10.4. The van der Waals surface area contributed by atoms with Gasteiger partial charge in [-0.1, -0.05) is 52.0 Å². The first-order valence-corrected chi connectivity index (χ1v) is 14.5. The molecule has 0 unspecified atom stereocenters. The van der Waals surface area contributed by atoms with Crippen molar-refractivity contribution in [2.45, 2.75) is 52.4 Å². The standard InChI is InChI=1S/C34H30S2/c1-19-15-21(27-9-7-13-35-27)17-25-29(19)23-11-12-24-30-20(2)16-22(28-10-8-14-36-28)18-26(30)34(5,6)32(24)31(23)33(25,3)4/h7-18H,1-6H3. The number of aryl methyl sites for hydroxylation is 2. The van der Waals surface area contributed by atoms with Crippen LogP contribution >= 0.6 is 22.7 Å². The largest absolute Gasteiger partial charge is 0.144 e. The molecule has 0 atom stereocenters. The van der Waals surface area contributed by atoms with Gasteiger partial charge in [-0.3, -0.25) is 0 Å². The summed E-state index contributed by atoms with van der Waals surface area (Å²) in [6, 6.07) is 23.3. The zero-order valence-electron chi connectivity index (χ0n) is 21.7. The molecule has 0 N–H and O–H groups in total. The second kappa shape index (κ2) is 7.31. The monoisotopic (exact) mass is 502 g/mol. The van der Waals surface area contributed by atoms with Crippen molar-refractivity contribution >= 4 is 22.7 Å². The lowest BCUT2D eigenvalue weighted by Gasteiger charge is -2.31. The van der Waals surface area contributed by atoms with E-state index < -0.39 is 0 Å². The van der Waals surface area contributed by atoms with Crippen molar-refractivity contribution in [3.05, 3.63) is 105 Å². The zero-order chi connectivity index (χ0) is 25.0. The van der Waals surface area contributed by atoms with Crippen LogP contribution in [0.5, 0.6) is 0 Å². The molecule has 0 radical (unpaired) electrons. The van der Waals surface area contributed by atoms with Crippen LogP contribution in [0.3, 0.4) is 0 Å². The molecule has 0 saturated heterocycles. The minimum Gasteiger partial charge on any atom is -0.144 e. The van der Waals surface area contributed by atoms with E-state index >= 15 is 0 Å². The highest BCUT2D eigenvalue weighted by atomic mass is 32.1. The summed E-state index contributed by atoms with van der Waals surface area (Å²) < 4.78 is 0. The van der Waals surface area contributed by atoms with Gasteiger partial charge in [-0.05, 0) is 128 Å². The first-order valence-electron chi connectivity index (χ1n) is 12.8. The van der Waals surface area contributed by atoms with Crippen LogP contribution < -0.4 is 0 Å². The molecule has 0 nitrogen and oxygen atoms in total. The lowest BCUT2D eigenvalue weighted by atomic mass is 9.72. The maximum atomic E-state index is 2.47. The molecular weight excluding hydrogens is 473 g/mol. The number of hydrogen-bond acceptors (Lipinski definition) is 2. The Labute approximate surface area is 222 Å². The van der Waals surface area contributed by atoms with E-state index in [2.05, 4.69) is 113 Å². The van der Waals surface area contributed by atoms with Gasteiger partial charge in [0.25, 0.3) is 0 Å². The summed E-state index contributed by atoms with van der Waals surface area (Å²) in [4.78, 5) is 2.70. The molecule has 7 rings (SSSR count). The van der Waals surface area contributed by atoms with E-state index in [9.17, 15) is 0 Å². The van der Waals surface area contributed by atoms with Gasteiger partial charge in [0.2, 0.25) is 0 Å². The van der Waals surface area contributed by atoms with Crippen LogP contribution in [0.15, 0.2) is 71.4 Å². The third kappa shape index (κ3) is 2.80. The minimum atomic E-state index is -0.0577. The third-order valence-electron chi connectivity index (χ3n) is 8.62. The fraction of sp³-hybridized carbons (Fsp3) is 0.235. The summed E-state index contributed by atoms with van der Waals surface area (Å²) in [5.74, 6) is 0. The molecule has 2 aromatic heterocycles. The van der Waals surface area contributed by atoms with Gasteiger partial charge in [0.05, 0.1) is 0 Å². The van der Waals surface area contributed by atoms with E-state index in [-0.39, 0.29) is 10.8 Å². The van der Waals surface area contributed by atoms with E-state index in [1.165, 1.54) is 76.5 Å². The van der Waals surface area contributed by atoms with Gasteiger partial charge in [-0.2, -0.15) is 0 Å². The summed E-state index contributed by atoms with van der Waals surface area (Å²) in [6.07, 6.45) is 0. The molecule has 2 heteroatoms. The van der Waals surface area contributed by atoms with E-state index in [0.717, 1.165) is 0 Å². The molecule has 0 saturated carbocycles. The zero-order valence-corrected chi connectivity index (χ0v) is 23.4. The summed E-state index contributed by atoms with van der Waals surface area (Å²) in [5, 5.41) is 4.36. The molecule has 2 aliphatic rings. The van der Waals surface area contributed by atoms with Crippen molar-refractivity contribution in [3.8, 4) is 43.1 Å². The van der Waals surface area contributed by atoms with Crippen LogP contribution in [0, 0.1) is 13.8 Å². The Morgan fingerprint density at radius 1 is 0.556 bits per heavy atom. The SMILES string of the molecule is Cc1cc(-c2cccs2)cc2c1-c1ccc3c(c1C2(C)C)C(C)(C)c1cc(-c2cccs2)cc(C)c1-3. The minimum absolute atomic E-state index is 0.0577. The van der Waals surface area contributed by atoms with Crippen molar-refractivity contribution in [3.63, 3.8) is 0 Å². The van der Waals surface area contributed by atoms with Gasteiger partial charge in [0.1, 0.15) is 0 Å². The first-order chi connectivity index (χ1) is 17.2. The molecule has 36 heavy (non-hydrogen) atoms. The van der Waals surface area contributed by atoms with Crippen molar-refractivity contribution < 1.29 is 0 Å². The summed E-state index contributed by atoms with van der Waals surface area (Å²) >= 11 is 3.66. The van der Waals surface area contributed by atoms with Crippen molar-refractivity contribution in [2.24, 2.45) is 0 Å². The van der Waals surface area contributed by atoms with Crippen molar-refractivity contribution in [1.82, 2.24) is 0 Å². The Hall–Kier alpha value is -2.94. The van der Waals surface area contributed by atoms with Crippen LogP contribution in [0.25, 0.3) is 43.1 Å². The highest BCUT2D eigenvalue weighted by molar-refractivity contribution is 7.13. The lowest BCUT2D eigenvalue weighted by Crippen LogP contribution is -2.24. The van der Waals surface area contributed by atoms with E-state index in [1.54, 1.807) is 0 Å². The molecule has 3 aromatic carbocycles. The quantitative estimate of drug-likeness (QED) is 0.225. The van der Waals surface area contributed by atoms with Crippen molar-refractivity contribution in [2.75, 3.05) is 0 Å². The topological polar surface area (TPSA) is 0 Å². The summed E-state index contributed by atoms with van der Waals surface area (Å²) in [5.41, 5.74) is 17.1. The highest BCUT2D eigenvalue weighted by Crippen LogP contribution is 2.60. The second-order valence-electron chi connectivity index (χ2n) is 11.5. The molecular formula is C34H30S2. The third-order valence-corrected chi connectivity index (χ3v) is 10.5. The van der Waals surface area contributed by atoms with Crippen LogP contribution in [-0.2, 0) is 10.8 Å². The summed E-state index contributed by atoms with van der Waals surface area (Å²) in [7, 11) is 0.